The first-order chi connectivity index (χ1) is 11.1. The molecule has 1 N–H and O–H groups in total. The second kappa shape index (κ2) is 8.07. The highest BCUT2D eigenvalue weighted by Crippen LogP contribution is 2.45. The maximum atomic E-state index is 10.3. The number of hydrogen-bond donors (Lipinski definition) is 1. The first kappa shape index (κ1) is 20.6. The summed E-state index contributed by atoms with van der Waals surface area (Å²) in [5.41, 5.74) is 1.08. The van der Waals surface area contributed by atoms with Crippen molar-refractivity contribution < 1.29 is 22.6 Å². The van der Waals surface area contributed by atoms with Gasteiger partial charge in [0.25, 0.3) is 0 Å². The first-order valence-corrected chi connectivity index (χ1v) is 9.60. The summed E-state index contributed by atoms with van der Waals surface area (Å²) in [7, 11) is 1.79. The van der Waals surface area contributed by atoms with E-state index in [2.05, 4.69) is 25.5 Å². The van der Waals surface area contributed by atoms with Gasteiger partial charge in [-0.2, -0.15) is 0 Å². The number of sulfonamides is 1. The molecule has 24 heavy (non-hydrogen) atoms. The van der Waals surface area contributed by atoms with Crippen molar-refractivity contribution in [3.8, 4) is 17.2 Å². The normalized spacial score (nSPS) is 18.5. The SMILES string of the molecule is CCS(=O)(=O)NC.COc1cc2c(cc1OC)C(C)CC(C)(C)O2. The van der Waals surface area contributed by atoms with Crippen LogP contribution in [0.2, 0.25) is 0 Å². The van der Waals surface area contributed by atoms with Gasteiger partial charge < -0.3 is 14.2 Å². The summed E-state index contributed by atoms with van der Waals surface area (Å²) in [5.74, 6) is 3.02. The zero-order valence-electron chi connectivity index (χ0n) is 15.6. The molecule has 1 atom stereocenters. The van der Waals surface area contributed by atoms with E-state index in [1.165, 1.54) is 12.6 Å². The minimum atomic E-state index is -2.91. The summed E-state index contributed by atoms with van der Waals surface area (Å²) in [4.78, 5) is 0. The third kappa shape index (κ3) is 5.27. The molecule has 1 heterocycles. The summed E-state index contributed by atoms with van der Waals surface area (Å²) < 4.78 is 39.3. The summed E-state index contributed by atoms with van der Waals surface area (Å²) in [6.07, 6.45) is 1.01. The lowest BCUT2D eigenvalue weighted by molar-refractivity contribution is 0.0740. The second-order valence-corrected chi connectivity index (χ2v) is 8.53. The number of benzene rings is 1. The molecule has 1 aromatic rings. The van der Waals surface area contributed by atoms with E-state index in [1.807, 2.05) is 12.1 Å². The van der Waals surface area contributed by atoms with Crippen molar-refractivity contribution in [3.63, 3.8) is 0 Å². The van der Waals surface area contributed by atoms with Gasteiger partial charge in [-0.05, 0) is 46.2 Å². The van der Waals surface area contributed by atoms with Gasteiger partial charge >= 0.3 is 0 Å². The van der Waals surface area contributed by atoms with Crippen LogP contribution < -0.4 is 18.9 Å². The maximum Gasteiger partial charge on any atom is 0.211 e. The van der Waals surface area contributed by atoms with Crippen LogP contribution in [0.15, 0.2) is 12.1 Å². The quantitative estimate of drug-likeness (QED) is 0.895. The van der Waals surface area contributed by atoms with Crippen LogP contribution in [0.25, 0.3) is 0 Å². The first-order valence-electron chi connectivity index (χ1n) is 7.95. The summed E-state index contributed by atoms with van der Waals surface area (Å²) in [5, 5.41) is 0. The second-order valence-electron chi connectivity index (χ2n) is 6.32. The van der Waals surface area contributed by atoms with E-state index in [-0.39, 0.29) is 11.4 Å². The highest BCUT2D eigenvalue weighted by atomic mass is 32.2. The Morgan fingerprint density at radius 1 is 1.25 bits per heavy atom. The molecule has 0 saturated carbocycles. The lowest BCUT2D eigenvalue weighted by Gasteiger charge is -2.36. The van der Waals surface area contributed by atoms with Crippen LogP contribution in [0.5, 0.6) is 17.2 Å². The van der Waals surface area contributed by atoms with E-state index in [0.717, 1.165) is 23.7 Å². The van der Waals surface area contributed by atoms with Crippen LogP contribution in [-0.2, 0) is 10.0 Å². The van der Waals surface area contributed by atoms with Gasteiger partial charge in [0.05, 0.1) is 20.0 Å². The Hall–Kier alpha value is -1.47. The molecule has 0 saturated heterocycles. The number of methoxy groups -OCH3 is 2. The largest absolute Gasteiger partial charge is 0.493 e. The minimum Gasteiger partial charge on any atom is -0.493 e. The fraction of sp³-hybridized carbons (Fsp3) is 0.647. The van der Waals surface area contributed by atoms with Crippen molar-refractivity contribution in [1.29, 1.82) is 0 Å². The fourth-order valence-corrected chi connectivity index (χ4v) is 2.97. The van der Waals surface area contributed by atoms with Crippen LogP contribution in [0.4, 0.5) is 0 Å². The van der Waals surface area contributed by atoms with E-state index >= 15 is 0 Å². The molecule has 0 aromatic heterocycles. The Bertz CT molecular complexity index is 645. The van der Waals surface area contributed by atoms with Crippen molar-refractivity contribution in [3.05, 3.63) is 17.7 Å². The smallest absolute Gasteiger partial charge is 0.211 e. The Kier molecular flexibility index (Phi) is 6.92. The number of hydrogen-bond acceptors (Lipinski definition) is 5. The van der Waals surface area contributed by atoms with Crippen molar-refractivity contribution >= 4 is 10.0 Å². The monoisotopic (exact) mass is 359 g/mol. The van der Waals surface area contributed by atoms with Gasteiger partial charge in [-0.1, -0.05) is 6.92 Å². The van der Waals surface area contributed by atoms with Crippen LogP contribution in [0.1, 0.15) is 45.6 Å². The molecule has 1 unspecified atom stereocenters. The molecule has 0 aliphatic carbocycles. The highest BCUT2D eigenvalue weighted by Gasteiger charge is 2.32. The molecule has 6 nitrogen and oxygen atoms in total. The van der Waals surface area contributed by atoms with Gasteiger partial charge in [-0.15, -0.1) is 0 Å². The molecule has 1 aromatic carbocycles. The van der Waals surface area contributed by atoms with Crippen LogP contribution in [-0.4, -0.2) is 41.0 Å². The predicted molar refractivity (Wildman–Crippen MR) is 95.8 cm³/mol. The van der Waals surface area contributed by atoms with E-state index < -0.39 is 10.0 Å². The average Bonchev–Trinajstić information content (AvgIpc) is 2.53. The molecule has 0 bridgehead atoms. The zero-order valence-corrected chi connectivity index (χ0v) is 16.4. The maximum absolute atomic E-state index is 10.3. The molecule has 1 aliphatic rings. The summed E-state index contributed by atoms with van der Waals surface area (Å²) in [6, 6.07) is 3.94. The number of nitrogens with one attached hydrogen (secondary N) is 1. The van der Waals surface area contributed by atoms with Gasteiger partial charge in [0.1, 0.15) is 11.4 Å². The fourth-order valence-electron chi connectivity index (χ4n) is 2.68. The zero-order chi connectivity index (χ0) is 18.5. The molecule has 1 aliphatic heterocycles. The number of ether oxygens (including phenoxy) is 3. The third-order valence-electron chi connectivity index (χ3n) is 3.92. The van der Waals surface area contributed by atoms with Crippen molar-refractivity contribution in [2.75, 3.05) is 27.0 Å². The number of rotatable bonds is 4. The Balaban J connectivity index is 0.000000351. The topological polar surface area (TPSA) is 73.9 Å². The molecule has 0 spiro atoms. The number of fused-ring (bicyclic) bond motifs is 1. The molecule has 0 fully saturated rings. The summed E-state index contributed by atoms with van der Waals surface area (Å²) in [6.45, 7) is 8.03. The van der Waals surface area contributed by atoms with E-state index in [4.69, 9.17) is 14.2 Å². The van der Waals surface area contributed by atoms with Crippen molar-refractivity contribution in [2.45, 2.75) is 45.6 Å². The third-order valence-corrected chi connectivity index (χ3v) is 5.30. The highest BCUT2D eigenvalue weighted by molar-refractivity contribution is 7.89. The predicted octanol–water partition coefficient (Wildman–Crippen LogP) is 2.92. The van der Waals surface area contributed by atoms with Crippen molar-refractivity contribution in [1.82, 2.24) is 4.72 Å². The molecule has 0 radical (unpaired) electrons. The van der Waals surface area contributed by atoms with Gasteiger partial charge in [0, 0.05) is 11.6 Å². The lowest BCUT2D eigenvalue weighted by atomic mass is 9.85. The lowest BCUT2D eigenvalue weighted by Crippen LogP contribution is -2.34. The van der Waals surface area contributed by atoms with Gasteiger partial charge in [-0.25, -0.2) is 13.1 Å². The standard InChI is InChI=1S/C14H20O3.C3H9NO2S/c1-9-8-14(2,3)17-11-7-13(16-5)12(15-4)6-10(9)11;1-3-7(5,6)4-2/h6-7,9H,8H2,1-5H3;4H,3H2,1-2H3. The van der Waals surface area contributed by atoms with E-state index in [0.29, 0.717) is 5.92 Å². The summed E-state index contributed by atoms with van der Waals surface area (Å²) >= 11 is 0. The molecule has 0 amide bonds. The molecular formula is C17H29NO5S. The van der Waals surface area contributed by atoms with E-state index in [9.17, 15) is 8.42 Å². The Morgan fingerprint density at radius 3 is 2.21 bits per heavy atom. The molecule has 2 rings (SSSR count). The van der Waals surface area contributed by atoms with Gasteiger partial charge in [0.2, 0.25) is 10.0 Å². The molecule has 138 valence electrons. The molecular weight excluding hydrogens is 330 g/mol. The van der Waals surface area contributed by atoms with E-state index in [1.54, 1.807) is 21.1 Å². The Morgan fingerprint density at radius 2 is 1.79 bits per heavy atom. The Labute approximate surface area is 145 Å². The molecule has 7 heteroatoms. The average molecular weight is 359 g/mol. The van der Waals surface area contributed by atoms with Gasteiger partial charge in [-0.3, -0.25) is 0 Å². The van der Waals surface area contributed by atoms with Crippen LogP contribution in [0.3, 0.4) is 0 Å². The van der Waals surface area contributed by atoms with Gasteiger partial charge in [0.15, 0.2) is 11.5 Å². The van der Waals surface area contributed by atoms with Crippen LogP contribution in [0, 0.1) is 0 Å². The van der Waals surface area contributed by atoms with Crippen LogP contribution >= 0.6 is 0 Å². The minimum absolute atomic E-state index is 0.119. The van der Waals surface area contributed by atoms with Crippen molar-refractivity contribution in [2.24, 2.45) is 0 Å².